The minimum Gasteiger partial charge on any atom is -0.459 e. The average molecular weight is 364 g/mol. The third-order valence-electron chi connectivity index (χ3n) is 4.93. The van der Waals surface area contributed by atoms with E-state index in [-0.39, 0.29) is 30.0 Å². The summed E-state index contributed by atoms with van der Waals surface area (Å²) >= 11 is 0. The smallest absolute Gasteiger partial charge is 0.314 e. The minimum atomic E-state index is -0.334. The van der Waals surface area contributed by atoms with E-state index in [1.165, 1.54) is 10.5 Å². The second-order valence-corrected chi connectivity index (χ2v) is 6.85. The highest BCUT2D eigenvalue weighted by molar-refractivity contribution is 5.78. The van der Waals surface area contributed by atoms with Crippen molar-refractivity contribution in [2.24, 2.45) is 5.92 Å². The van der Waals surface area contributed by atoms with Crippen molar-refractivity contribution in [3.05, 3.63) is 81.9 Å². The van der Waals surface area contributed by atoms with E-state index < -0.39 is 0 Å². The maximum absolute atomic E-state index is 12.8. The van der Waals surface area contributed by atoms with Gasteiger partial charge in [-0.25, -0.2) is 4.98 Å². The van der Waals surface area contributed by atoms with Gasteiger partial charge in [0.1, 0.15) is 12.3 Å². The molecule has 1 aromatic carbocycles. The van der Waals surface area contributed by atoms with Crippen LogP contribution in [-0.4, -0.2) is 15.4 Å². The molecule has 0 aliphatic rings. The van der Waals surface area contributed by atoms with Crippen LogP contribution in [0.2, 0.25) is 0 Å². The van der Waals surface area contributed by atoms with Gasteiger partial charge in [0.15, 0.2) is 0 Å². The summed E-state index contributed by atoms with van der Waals surface area (Å²) in [5.74, 6) is -0.473. The zero-order valence-corrected chi connectivity index (χ0v) is 15.9. The second kappa shape index (κ2) is 8.16. The van der Waals surface area contributed by atoms with E-state index in [9.17, 15) is 9.59 Å². The van der Waals surface area contributed by atoms with Crippen LogP contribution in [0.25, 0.3) is 5.65 Å². The van der Waals surface area contributed by atoms with Crippen LogP contribution in [0.5, 0.6) is 0 Å². The van der Waals surface area contributed by atoms with Gasteiger partial charge in [0, 0.05) is 12.3 Å². The van der Waals surface area contributed by atoms with Crippen molar-refractivity contribution in [3.63, 3.8) is 0 Å². The van der Waals surface area contributed by atoms with E-state index in [0.29, 0.717) is 11.3 Å². The van der Waals surface area contributed by atoms with Gasteiger partial charge in [-0.2, -0.15) is 0 Å². The third kappa shape index (κ3) is 4.08. The molecule has 0 bridgehead atoms. The first-order valence-electron chi connectivity index (χ1n) is 9.20. The highest BCUT2D eigenvalue weighted by Gasteiger charge is 2.27. The molecular formula is C22H24N2O3. The molecule has 0 aliphatic heterocycles. The summed E-state index contributed by atoms with van der Waals surface area (Å²) < 4.78 is 7.05. The van der Waals surface area contributed by atoms with Crippen molar-refractivity contribution in [2.45, 2.75) is 39.7 Å². The minimum absolute atomic E-state index is 0.0152. The van der Waals surface area contributed by atoms with Crippen LogP contribution in [0, 0.1) is 12.8 Å². The summed E-state index contributed by atoms with van der Waals surface area (Å²) in [6.45, 7) is 5.98. The van der Waals surface area contributed by atoms with Crippen LogP contribution in [-0.2, 0) is 16.1 Å². The van der Waals surface area contributed by atoms with Gasteiger partial charge in [0.05, 0.1) is 11.6 Å². The van der Waals surface area contributed by atoms with Gasteiger partial charge in [0.25, 0.3) is 5.56 Å². The Kier molecular flexibility index (Phi) is 5.69. The Hall–Kier alpha value is -2.95. The van der Waals surface area contributed by atoms with Crippen molar-refractivity contribution in [3.8, 4) is 0 Å². The van der Waals surface area contributed by atoms with Crippen molar-refractivity contribution in [1.29, 1.82) is 0 Å². The van der Waals surface area contributed by atoms with Crippen molar-refractivity contribution >= 4 is 11.6 Å². The Bertz CT molecular complexity index is 995. The number of aromatic nitrogens is 2. The predicted molar refractivity (Wildman–Crippen MR) is 105 cm³/mol. The number of pyridine rings is 1. The SMILES string of the molecule is CC[C@@H](C)[C@H](C(=O)OCc1cc(=O)n2cccc(C)c2n1)c1ccccc1. The van der Waals surface area contributed by atoms with Crippen LogP contribution >= 0.6 is 0 Å². The number of esters is 1. The molecule has 5 nitrogen and oxygen atoms in total. The summed E-state index contributed by atoms with van der Waals surface area (Å²) in [6.07, 6.45) is 2.55. The Morgan fingerprint density at radius 1 is 1.19 bits per heavy atom. The second-order valence-electron chi connectivity index (χ2n) is 6.85. The van der Waals surface area contributed by atoms with Gasteiger partial charge < -0.3 is 4.74 Å². The van der Waals surface area contributed by atoms with E-state index in [4.69, 9.17) is 4.74 Å². The van der Waals surface area contributed by atoms with Crippen molar-refractivity contribution < 1.29 is 9.53 Å². The molecular weight excluding hydrogens is 340 g/mol. The van der Waals surface area contributed by atoms with Crippen LogP contribution in [0.1, 0.15) is 43.0 Å². The lowest BCUT2D eigenvalue weighted by Gasteiger charge is -2.21. The Balaban J connectivity index is 1.82. The lowest BCUT2D eigenvalue weighted by molar-refractivity contribution is -0.148. The molecule has 0 aliphatic carbocycles. The average Bonchev–Trinajstić information content (AvgIpc) is 2.68. The van der Waals surface area contributed by atoms with Crippen LogP contribution in [0.3, 0.4) is 0 Å². The maximum Gasteiger partial charge on any atom is 0.314 e. The van der Waals surface area contributed by atoms with Crippen molar-refractivity contribution in [2.75, 3.05) is 0 Å². The number of aryl methyl sites for hydroxylation is 1. The van der Waals surface area contributed by atoms with Gasteiger partial charge in [-0.3, -0.25) is 14.0 Å². The topological polar surface area (TPSA) is 60.7 Å². The molecule has 5 heteroatoms. The molecule has 3 aromatic rings. The Morgan fingerprint density at radius 3 is 2.63 bits per heavy atom. The maximum atomic E-state index is 12.8. The summed E-state index contributed by atoms with van der Waals surface area (Å²) in [6, 6.07) is 14.8. The zero-order chi connectivity index (χ0) is 19.4. The third-order valence-corrected chi connectivity index (χ3v) is 4.93. The first kappa shape index (κ1) is 18.8. The molecule has 2 aromatic heterocycles. The normalized spacial score (nSPS) is 13.3. The number of rotatable bonds is 6. The molecule has 0 saturated heterocycles. The summed E-state index contributed by atoms with van der Waals surface area (Å²) in [5, 5.41) is 0. The molecule has 0 fully saturated rings. The van der Waals surface area contributed by atoms with E-state index in [0.717, 1.165) is 17.5 Å². The molecule has 3 rings (SSSR count). The number of fused-ring (bicyclic) bond motifs is 1. The fourth-order valence-electron chi connectivity index (χ4n) is 3.21. The molecule has 0 amide bonds. The lowest BCUT2D eigenvalue weighted by Crippen LogP contribution is -2.23. The van der Waals surface area contributed by atoms with E-state index >= 15 is 0 Å². The van der Waals surface area contributed by atoms with E-state index in [1.54, 1.807) is 6.20 Å². The molecule has 0 radical (unpaired) electrons. The molecule has 2 atom stereocenters. The summed E-state index contributed by atoms with van der Waals surface area (Å²) in [4.78, 5) is 29.6. The number of carbonyl (C=O) groups is 1. The van der Waals surface area contributed by atoms with Crippen LogP contribution < -0.4 is 5.56 Å². The number of hydrogen-bond donors (Lipinski definition) is 0. The molecule has 0 N–H and O–H groups in total. The highest BCUT2D eigenvalue weighted by atomic mass is 16.5. The zero-order valence-electron chi connectivity index (χ0n) is 15.9. The largest absolute Gasteiger partial charge is 0.459 e. The highest BCUT2D eigenvalue weighted by Crippen LogP contribution is 2.28. The number of benzene rings is 1. The molecule has 0 unspecified atom stereocenters. The van der Waals surface area contributed by atoms with E-state index in [1.807, 2.05) is 56.3 Å². The number of hydrogen-bond acceptors (Lipinski definition) is 4. The molecule has 140 valence electrons. The van der Waals surface area contributed by atoms with Crippen molar-refractivity contribution in [1.82, 2.24) is 9.38 Å². The fourth-order valence-corrected chi connectivity index (χ4v) is 3.21. The first-order valence-corrected chi connectivity index (χ1v) is 9.20. The number of ether oxygens (including phenoxy) is 1. The lowest BCUT2D eigenvalue weighted by atomic mass is 9.86. The van der Waals surface area contributed by atoms with Crippen LogP contribution in [0.4, 0.5) is 0 Å². The number of nitrogens with zero attached hydrogens (tertiary/aromatic N) is 2. The summed E-state index contributed by atoms with van der Waals surface area (Å²) in [5.41, 5.74) is 2.69. The standard InChI is InChI=1S/C22H24N2O3/c1-4-15(2)20(17-10-6-5-7-11-17)22(26)27-14-18-13-19(25)24-12-8-9-16(3)21(24)23-18/h5-13,15,20H,4,14H2,1-3H3/t15-,20+/m1/s1. The Morgan fingerprint density at radius 2 is 1.93 bits per heavy atom. The summed E-state index contributed by atoms with van der Waals surface area (Å²) in [7, 11) is 0. The van der Waals surface area contributed by atoms with E-state index in [2.05, 4.69) is 11.9 Å². The number of carbonyl (C=O) groups excluding carboxylic acids is 1. The van der Waals surface area contributed by atoms with Crippen LogP contribution in [0.15, 0.2) is 59.5 Å². The molecule has 0 saturated carbocycles. The van der Waals surface area contributed by atoms with Gasteiger partial charge in [0.2, 0.25) is 0 Å². The fraction of sp³-hybridized carbons (Fsp3) is 0.318. The van der Waals surface area contributed by atoms with Gasteiger partial charge in [-0.05, 0) is 30.0 Å². The molecule has 0 spiro atoms. The predicted octanol–water partition coefficient (Wildman–Crippen LogP) is 3.88. The van der Waals surface area contributed by atoms with Gasteiger partial charge in [-0.15, -0.1) is 0 Å². The van der Waals surface area contributed by atoms with Gasteiger partial charge >= 0.3 is 5.97 Å². The Labute approximate surface area is 158 Å². The first-order chi connectivity index (χ1) is 13.0. The van der Waals surface area contributed by atoms with Gasteiger partial charge in [-0.1, -0.05) is 56.7 Å². The molecule has 2 heterocycles. The molecule has 27 heavy (non-hydrogen) atoms. The quantitative estimate of drug-likeness (QED) is 0.623. The monoisotopic (exact) mass is 364 g/mol.